The van der Waals surface area contributed by atoms with E-state index in [0.717, 1.165) is 11.8 Å². The first-order chi connectivity index (χ1) is 7.65. The zero-order chi connectivity index (χ0) is 11.3. The van der Waals surface area contributed by atoms with Crippen LogP contribution in [0.25, 0.3) is 0 Å². The largest absolute Gasteiger partial charge is 0.121 e. The molecule has 0 aromatic carbocycles. The lowest BCUT2D eigenvalue weighted by Gasteiger charge is -2.26. The first-order valence-corrected chi connectivity index (χ1v) is 8.58. The average Bonchev–Trinajstić information content (AvgIpc) is 2.91. The van der Waals surface area contributed by atoms with E-state index in [1.54, 1.807) is 11.3 Å². The molecule has 16 heavy (non-hydrogen) atoms. The van der Waals surface area contributed by atoms with E-state index in [9.17, 15) is 0 Å². The normalized spacial score (nSPS) is 34.6. The monoisotopic (exact) mass is 382 g/mol. The molecule has 2 bridgehead atoms. The lowest BCUT2D eigenvalue weighted by Crippen LogP contribution is -2.15. The highest BCUT2D eigenvalue weighted by Crippen LogP contribution is 2.55. The van der Waals surface area contributed by atoms with Crippen molar-refractivity contribution < 1.29 is 0 Å². The third kappa shape index (κ3) is 2.02. The van der Waals surface area contributed by atoms with Gasteiger partial charge in [-0.2, -0.15) is 0 Å². The van der Waals surface area contributed by atoms with E-state index in [1.165, 1.54) is 38.8 Å². The fourth-order valence-electron chi connectivity index (χ4n) is 3.42. The van der Waals surface area contributed by atoms with Crippen molar-refractivity contribution in [1.29, 1.82) is 0 Å². The number of thiophene rings is 1. The Morgan fingerprint density at radius 1 is 1.31 bits per heavy atom. The molecule has 2 aliphatic rings. The van der Waals surface area contributed by atoms with Crippen molar-refractivity contribution in [2.45, 2.75) is 31.1 Å². The molecule has 4 atom stereocenters. The van der Waals surface area contributed by atoms with Crippen LogP contribution in [0.4, 0.5) is 0 Å². The summed E-state index contributed by atoms with van der Waals surface area (Å²) < 4.78 is 2.37. The quantitative estimate of drug-likeness (QED) is 0.550. The summed E-state index contributed by atoms with van der Waals surface area (Å²) in [5, 5.41) is 0.201. The van der Waals surface area contributed by atoms with Gasteiger partial charge in [-0.1, -0.05) is 6.42 Å². The van der Waals surface area contributed by atoms with Crippen molar-refractivity contribution in [2.24, 2.45) is 17.8 Å². The Morgan fingerprint density at radius 3 is 2.62 bits per heavy atom. The van der Waals surface area contributed by atoms with Gasteiger partial charge < -0.3 is 0 Å². The Kier molecular flexibility index (Phi) is 3.42. The summed E-state index contributed by atoms with van der Waals surface area (Å²) in [7, 11) is 0. The molecule has 1 aromatic rings. The van der Waals surface area contributed by atoms with Gasteiger partial charge in [-0.05, 0) is 80.5 Å². The number of alkyl halides is 1. The fourth-order valence-corrected chi connectivity index (χ4v) is 7.03. The van der Waals surface area contributed by atoms with E-state index in [4.69, 9.17) is 11.6 Å². The summed E-state index contributed by atoms with van der Waals surface area (Å²) in [6.45, 7) is 0. The van der Waals surface area contributed by atoms with Gasteiger partial charge in [-0.25, -0.2) is 0 Å². The molecule has 0 saturated heterocycles. The van der Waals surface area contributed by atoms with Gasteiger partial charge in [0.15, 0.2) is 0 Å². The summed E-state index contributed by atoms with van der Waals surface area (Å²) in [6.07, 6.45) is 5.62. The van der Waals surface area contributed by atoms with E-state index in [2.05, 4.69) is 37.9 Å². The van der Waals surface area contributed by atoms with Gasteiger partial charge in [0, 0.05) is 0 Å². The van der Waals surface area contributed by atoms with Crippen LogP contribution in [-0.2, 0) is 0 Å². The fraction of sp³-hybridized carbons (Fsp3) is 0.667. The molecule has 0 nitrogen and oxygen atoms in total. The molecule has 0 aliphatic heterocycles. The summed E-state index contributed by atoms with van der Waals surface area (Å²) >= 11 is 15.6. The van der Waals surface area contributed by atoms with E-state index in [1.807, 2.05) is 0 Å². The third-order valence-electron chi connectivity index (χ3n) is 4.15. The van der Waals surface area contributed by atoms with E-state index >= 15 is 0 Å². The Hall–Kier alpha value is 0.950. The Bertz CT molecular complexity index is 404. The highest BCUT2D eigenvalue weighted by Gasteiger charge is 2.43. The maximum atomic E-state index is 6.68. The van der Waals surface area contributed by atoms with Crippen molar-refractivity contribution >= 4 is 54.8 Å². The lowest BCUT2D eigenvalue weighted by molar-refractivity contribution is 0.323. The van der Waals surface area contributed by atoms with Crippen molar-refractivity contribution in [2.75, 3.05) is 0 Å². The minimum Gasteiger partial charge on any atom is -0.121 e. The molecule has 4 heteroatoms. The van der Waals surface area contributed by atoms with Crippen LogP contribution in [0.3, 0.4) is 0 Å². The van der Waals surface area contributed by atoms with Gasteiger partial charge in [0.2, 0.25) is 0 Å². The summed E-state index contributed by atoms with van der Waals surface area (Å²) in [4.78, 5) is 0. The van der Waals surface area contributed by atoms with Crippen LogP contribution in [0.15, 0.2) is 13.6 Å². The Labute approximate surface area is 122 Å². The average molecular weight is 385 g/mol. The van der Waals surface area contributed by atoms with E-state index in [-0.39, 0.29) is 5.38 Å². The molecule has 0 radical (unpaired) electrons. The third-order valence-corrected chi connectivity index (χ3v) is 7.09. The number of hydrogen-bond donors (Lipinski definition) is 0. The summed E-state index contributed by atoms with van der Waals surface area (Å²) in [5.74, 6) is 2.56. The number of halogens is 3. The van der Waals surface area contributed by atoms with Crippen LogP contribution in [-0.4, -0.2) is 0 Å². The molecule has 2 aliphatic carbocycles. The van der Waals surface area contributed by atoms with Gasteiger partial charge in [0.1, 0.15) is 0 Å². The molecule has 1 aromatic heterocycles. The minimum atomic E-state index is 0.201. The Morgan fingerprint density at radius 2 is 2.12 bits per heavy atom. The van der Waals surface area contributed by atoms with E-state index in [0.29, 0.717) is 5.92 Å². The molecule has 0 N–H and O–H groups in total. The topological polar surface area (TPSA) is 0 Å². The molecular weight excluding hydrogens is 371 g/mol. The van der Waals surface area contributed by atoms with Crippen LogP contribution in [0.5, 0.6) is 0 Å². The Balaban J connectivity index is 1.82. The molecule has 0 amide bonds. The second kappa shape index (κ2) is 4.56. The van der Waals surface area contributed by atoms with Crippen molar-refractivity contribution in [3.05, 3.63) is 19.2 Å². The van der Waals surface area contributed by atoms with Gasteiger partial charge in [0.05, 0.1) is 12.9 Å². The molecule has 88 valence electrons. The van der Waals surface area contributed by atoms with Crippen LogP contribution in [0, 0.1) is 17.8 Å². The van der Waals surface area contributed by atoms with Crippen molar-refractivity contribution in [3.63, 3.8) is 0 Å². The SMILES string of the molecule is ClC(c1cc(Br)sc1Br)C1CC2CCC1C2. The van der Waals surface area contributed by atoms with Crippen molar-refractivity contribution in [1.82, 2.24) is 0 Å². The van der Waals surface area contributed by atoms with Crippen LogP contribution >= 0.6 is 54.8 Å². The lowest BCUT2D eigenvalue weighted by atomic mass is 9.84. The highest BCUT2D eigenvalue weighted by atomic mass is 79.9. The molecule has 2 fully saturated rings. The van der Waals surface area contributed by atoms with Gasteiger partial charge in [0.25, 0.3) is 0 Å². The molecule has 0 spiro atoms. The predicted octanol–water partition coefficient (Wildman–Crippen LogP) is 5.99. The number of fused-ring (bicyclic) bond motifs is 2. The zero-order valence-corrected chi connectivity index (χ0v) is 13.5. The predicted molar refractivity (Wildman–Crippen MR) is 77.3 cm³/mol. The van der Waals surface area contributed by atoms with Gasteiger partial charge >= 0.3 is 0 Å². The molecule has 3 rings (SSSR count). The number of rotatable bonds is 2. The minimum absolute atomic E-state index is 0.201. The maximum Gasteiger partial charge on any atom is 0.0757 e. The molecule has 2 saturated carbocycles. The first-order valence-electron chi connectivity index (χ1n) is 5.74. The second-order valence-electron chi connectivity index (χ2n) is 5.02. The number of hydrogen-bond acceptors (Lipinski definition) is 1. The maximum absolute atomic E-state index is 6.68. The van der Waals surface area contributed by atoms with Crippen LogP contribution in [0.1, 0.15) is 36.6 Å². The summed E-state index contributed by atoms with van der Waals surface area (Å²) in [5.41, 5.74) is 1.29. The summed E-state index contributed by atoms with van der Waals surface area (Å²) in [6, 6.07) is 2.18. The molecule has 4 unspecified atom stereocenters. The zero-order valence-electron chi connectivity index (χ0n) is 8.76. The van der Waals surface area contributed by atoms with Crippen molar-refractivity contribution in [3.8, 4) is 0 Å². The van der Waals surface area contributed by atoms with Gasteiger partial charge in [-0.15, -0.1) is 22.9 Å². The highest BCUT2D eigenvalue weighted by molar-refractivity contribution is 9.12. The van der Waals surface area contributed by atoms with Crippen LogP contribution in [0.2, 0.25) is 0 Å². The van der Waals surface area contributed by atoms with E-state index < -0.39 is 0 Å². The first kappa shape index (κ1) is 12.0. The standard InChI is InChI=1S/C12H13Br2ClS/c13-10-5-9(12(14)16-10)11(15)8-4-6-1-2-7(8)3-6/h5-8,11H,1-4H2. The smallest absolute Gasteiger partial charge is 0.0757 e. The molecular formula is C12H13Br2ClS. The van der Waals surface area contributed by atoms with Gasteiger partial charge in [-0.3, -0.25) is 0 Å². The molecule has 1 heterocycles. The van der Waals surface area contributed by atoms with Crippen LogP contribution < -0.4 is 0 Å². The second-order valence-corrected chi connectivity index (χ2v) is 9.24.